The Hall–Kier alpha value is -0.860. The molecule has 0 aliphatic carbocycles. The Morgan fingerprint density at radius 3 is 2.24 bits per heavy atom. The molecule has 2 heteroatoms. The van der Waals surface area contributed by atoms with Gasteiger partial charge in [0.2, 0.25) is 0 Å². The fraction of sp³-hybridized carbons (Fsp3) is 0.600. The van der Waals surface area contributed by atoms with Crippen LogP contribution >= 0.6 is 0 Å². The molecule has 0 saturated heterocycles. The van der Waals surface area contributed by atoms with E-state index < -0.39 is 0 Å². The molecule has 0 aliphatic heterocycles. The maximum atomic E-state index is 10.1. The predicted molar refractivity (Wildman–Crippen MR) is 71.0 cm³/mol. The maximum absolute atomic E-state index is 10.1. The molecule has 1 atom stereocenters. The van der Waals surface area contributed by atoms with Gasteiger partial charge in [-0.1, -0.05) is 45.0 Å². The summed E-state index contributed by atoms with van der Waals surface area (Å²) in [6.07, 6.45) is 1.82. The van der Waals surface area contributed by atoms with Crippen molar-refractivity contribution in [1.82, 2.24) is 0 Å². The van der Waals surface area contributed by atoms with Gasteiger partial charge in [0.05, 0.1) is 6.10 Å². The van der Waals surface area contributed by atoms with E-state index in [9.17, 15) is 5.11 Å². The third-order valence-electron chi connectivity index (χ3n) is 2.80. The molecule has 1 unspecified atom stereocenters. The second kappa shape index (κ2) is 6.18. The van der Waals surface area contributed by atoms with Crippen LogP contribution in [-0.4, -0.2) is 22.9 Å². The molecule has 1 rings (SSSR count). The number of benzene rings is 1. The number of hydrogen-bond donors (Lipinski definition) is 2. The third kappa shape index (κ3) is 5.33. The number of rotatable bonds is 5. The number of aliphatic hydroxyl groups is 2. The Kier molecular flexibility index (Phi) is 5.16. The fourth-order valence-corrected chi connectivity index (χ4v) is 2.15. The molecule has 96 valence electrons. The molecule has 0 amide bonds. The van der Waals surface area contributed by atoms with Crippen LogP contribution < -0.4 is 0 Å². The summed E-state index contributed by atoms with van der Waals surface area (Å²) in [5.74, 6) is 0. The molecule has 0 aliphatic rings. The van der Waals surface area contributed by atoms with Crippen LogP contribution in [0.1, 0.15) is 38.3 Å². The normalized spacial score (nSPS) is 13.7. The van der Waals surface area contributed by atoms with Gasteiger partial charge in [-0.05, 0) is 35.8 Å². The molecule has 0 fully saturated rings. The predicted octanol–water partition coefficient (Wildman–Crippen LogP) is 2.56. The average molecular weight is 236 g/mol. The Balaban J connectivity index is 2.67. The molecule has 2 nitrogen and oxygen atoms in total. The lowest BCUT2D eigenvalue weighted by molar-refractivity contribution is 0.121. The topological polar surface area (TPSA) is 40.5 Å². The minimum absolute atomic E-state index is 0.144. The van der Waals surface area contributed by atoms with E-state index in [4.69, 9.17) is 5.11 Å². The standard InChI is InChI=1S/C15H24O2/c1-15(2,3)11-14(17)10-13-7-5-4-6-12(13)8-9-16/h4-7,14,16-17H,8-11H2,1-3H3. The second-order valence-electron chi connectivity index (χ2n) is 5.87. The first-order valence-electron chi connectivity index (χ1n) is 6.28. The van der Waals surface area contributed by atoms with Crippen LogP contribution in [0.5, 0.6) is 0 Å². The van der Waals surface area contributed by atoms with Gasteiger partial charge in [-0.25, -0.2) is 0 Å². The van der Waals surface area contributed by atoms with Gasteiger partial charge in [0, 0.05) is 6.61 Å². The van der Waals surface area contributed by atoms with Gasteiger partial charge in [-0.15, -0.1) is 0 Å². The van der Waals surface area contributed by atoms with E-state index in [2.05, 4.69) is 20.8 Å². The Bertz CT molecular complexity index is 339. The highest BCUT2D eigenvalue weighted by molar-refractivity contribution is 5.27. The highest BCUT2D eigenvalue weighted by Crippen LogP contribution is 2.23. The van der Waals surface area contributed by atoms with Crippen LogP contribution in [-0.2, 0) is 12.8 Å². The first-order valence-corrected chi connectivity index (χ1v) is 6.28. The summed E-state index contributed by atoms with van der Waals surface area (Å²) < 4.78 is 0. The van der Waals surface area contributed by atoms with Crippen molar-refractivity contribution in [3.8, 4) is 0 Å². The van der Waals surface area contributed by atoms with Crippen molar-refractivity contribution in [3.05, 3.63) is 35.4 Å². The number of hydrogen-bond acceptors (Lipinski definition) is 2. The van der Waals surface area contributed by atoms with Crippen LogP contribution in [0.4, 0.5) is 0 Å². The summed E-state index contributed by atoms with van der Waals surface area (Å²) in [7, 11) is 0. The van der Waals surface area contributed by atoms with Crippen LogP contribution in [0.3, 0.4) is 0 Å². The van der Waals surface area contributed by atoms with Crippen molar-refractivity contribution in [2.75, 3.05) is 6.61 Å². The van der Waals surface area contributed by atoms with Crippen molar-refractivity contribution >= 4 is 0 Å². The van der Waals surface area contributed by atoms with Crippen LogP contribution in [0.2, 0.25) is 0 Å². The van der Waals surface area contributed by atoms with E-state index >= 15 is 0 Å². The first kappa shape index (κ1) is 14.2. The van der Waals surface area contributed by atoms with Crippen molar-refractivity contribution in [2.24, 2.45) is 5.41 Å². The quantitative estimate of drug-likeness (QED) is 0.825. The highest BCUT2D eigenvalue weighted by Gasteiger charge is 2.17. The average Bonchev–Trinajstić information content (AvgIpc) is 2.18. The van der Waals surface area contributed by atoms with Gasteiger partial charge in [-0.3, -0.25) is 0 Å². The lowest BCUT2D eigenvalue weighted by Gasteiger charge is -2.23. The van der Waals surface area contributed by atoms with Gasteiger partial charge < -0.3 is 10.2 Å². The summed E-state index contributed by atoms with van der Waals surface area (Å²) >= 11 is 0. The van der Waals surface area contributed by atoms with E-state index in [-0.39, 0.29) is 18.1 Å². The molecule has 2 N–H and O–H groups in total. The van der Waals surface area contributed by atoms with Gasteiger partial charge in [0.1, 0.15) is 0 Å². The highest BCUT2D eigenvalue weighted by atomic mass is 16.3. The molecule has 0 heterocycles. The Morgan fingerprint density at radius 1 is 1.12 bits per heavy atom. The second-order valence-corrected chi connectivity index (χ2v) is 5.87. The van der Waals surface area contributed by atoms with E-state index in [1.807, 2.05) is 24.3 Å². The number of aliphatic hydroxyl groups excluding tert-OH is 2. The van der Waals surface area contributed by atoms with Crippen LogP contribution in [0.15, 0.2) is 24.3 Å². The summed E-state index contributed by atoms with van der Waals surface area (Å²) in [5.41, 5.74) is 2.44. The molecule has 0 radical (unpaired) electrons. The first-order chi connectivity index (χ1) is 7.92. The van der Waals surface area contributed by atoms with Crippen LogP contribution in [0, 0.1) is 5.41 Å². The molecule has 1 aromatic carbocycles. The molecule has 0 saturated carbocycles. The van der Waals surface area contributed by atoms with E-state index in [0.717, 1.165) is 17.5 Å². The summed E-state index contributed by atoms with van der Waals surface area (Å²) in [4.78, 5) is 0. The fourth-order valence-electron chi connectivity index (χ4n) is 2.15. The van der Waals surface area contributed by atoms with Crippen molar-refractivity contribution in [1.29, 1.82) is 0 Å². The van der Waals surface area contributed by atoms with Crippen molar-refractivity contribution < 1.29 is 10.2 Å². The third-order valence-corrected chi connectivity index (χ3v) is 2.80. The van der Waals surface area contributed by atoms with E-state index in [1.54, 1.807) is 0 Å². The van der Waals surface area contributed by atoms with E-state index in [0.29, 0.717) is 12.8 Å². The SMILES string of the molecule is CC(C)(C)CC(O)Cc1ccccc1CCO. The Labute approximate surface area is 104 Å². The summed E-state index contributed by atoms with van der Waals surface area (Å²) in [6, 6.07) is 8.02. The monoisotopic (exact) mass is 236 g/mol. The van der Waals surface area contributed by atoms with E-state index in [1.165, 1.54) is 0 Å². The lowest BCUT2D eigenvalue weighted by atomic mass is 9.86. The zero-order chi connectivity index (χ0) is 12.9. The van der Waals surface area contributed by atoms with Gasteiger partial charge in [-0.2, -0.15) is 0 Å². The maximum Gasteiger partial charge on any atom is 0.0585 e. The van der Waals surface area contributed by atoms with Gasteiger partial charge >= 0.3 is 0 Å². The van der Waals surface area contributed by atoms with Crippen LogP contribution in [0.25, 0.3) is 0 Å². The van der Waals surface area contributed by atoms with Crippen molar-refractivity contribution in [2.45, 2.75) is 46.1 Å². The van der Waals surface area contributed by atoms with Gasteiger partial charge in [0.25, 0.3) is 0 Å². The lowest BCUT2D eigenvalue weighted by Crippen LogP contribution is -2.20. The zero-order valence-electron chi connectivity index (χ0n) is 11.1. The molecule has 17 heavy (non-hydrogen) atoms. The molecular formula is C15H24O2. The summed E-state index contributed by atoms with van der Waals surface area (Å²) in [5, 5.41) is 19.1. The molecule has 0 spiro atoms. The molecule has 0 bridgehead atoms. The van der Waals surface area contributed by atoms with Gasteiger partial charge in [0.15, 0.2) is 0 Å². The Morgan fingerprint density at radius 2 is 1.71 bits per heavy atom. The smallest absolute Gasteiger partial charge is 0.0585 e. The zero-order valence-corrected chi connectivity index (χ0v) is 11.1. The molecule has 1 aromatic rings. The minimum atomic E-state index is -0.310. The minimum Gasteiger partial charge on any atom is -0.396 e. The largest absolute Gasteiger partial charge is 0.396 e. The van der Waals surface area contributed by atoms with Crippen molar-refractivity contribution in [3.63, 3.8) is 0 Å². The molecule has 0 aromatic heterocycles. The molecular weight excluding hydrogens is 212 g/mol. The summed E-state index contributed by atoms with van der Waals surface area (Å²) in [6.45, 7) is 6.56.